The van der Waals surface area contributed by atoms with E-state index in [1.165, 1.54) is 11.8 Å². The van der Waals surface area contributed by atoms with Crippen LogP contribution in [0.4, 0.5) is 0 Å². The Bertz CT molecular complexity index is 654. The fourth-order valence-electron chi connectivity index (χ4n) is 1.82. The number of aryl methyl sites for hydroxylation is 1. The molecule has 0 fully saturated rings. The maximum atomic E-state index is 11.0. The second-order valence-corrected chi connectivity index (χ2v) is 7.18. The van der Waals surface area contributed by atoms with E-state index in [1.807, 2.05) is 31.2 Å². The van der Waals surface area contributed by atoms with Crippen molar-refractivity contribution in [3.8, 4) is 5.69 Å². The zero-order valence-corrected chi connectivity index (χ0v) is 13.5. The van der Waals surface area contributed by atoms with Crippen molar-refractivity contribution in [1.29, 1.82) is 0 Å². The Labute approximate surface area is 132 Å². The van der Waals surface area contributed by atoms with Gasteiger partial charge in [-0.15, -0.1) is 16.9 Å². The molecule has 0 spiro atoms. The van der Waals surface area contributed by atoms with Gasteiger partial charge in [-0.05, 0) is 43.3 Å². The fraction of sp³-hybridized carbons (Fsp3) is 0.429. The van der Waals surface area contributed by atoms with Crippen LogP contribution in [-0.4, -0.2) is 42.1 Å². The molecule has 1 atom stereocenters. The van der Waals surface area contributed by atoms with Gasteiger partial charge < -0.3 is 10.8 Å². The van der Waals surface area contributed by atoms with Crippen LogP contribution in [0.5, 0.6) is 0 Å². The monoisotopic (exact) mass is 321 g/mol. The summed E-state index contributed by atoms with van der Waals surface area (Å²) >= 11 is 1.42. The Balaban J connectivity index is 2.14. The lowest BCUT2D eigenvalue weighted by molar-refractivity contribution is -0.139. The SMILES string of the molecule is Cc1ccc(-n2nnnc2CSC(C)(C)[C@H](N)C(=O)O)cc1. The molecule has 0 saturated carbocycles. The van der Waals surface area contributed by atoms with Gasteiger partial charge in [-0.1, -0.05) is 17.7 Å². The summed E-state index contributed by atoms with van der Waals surface area (Å²) in [6.07, 6.45) is 0. The number of carbonyl (C=O) groups is 1. The van der Waals surface area contributed by atoms with Gasteiger partial charge in [0, 0.05) is 4.75 Å². The van der Waals surface area contributed by atoms with Gasteiger partial charge in [0.15, 0.2) is 5.82 Å². The van der Waals surface area contributed by atoms with Crippen LogP contribution in [0.25, 0.3) is 5.69 Å². The molecular formula is C14H19N5O2S. The van der Waals surface area contributed by atoms with Gasteiger partial charge >= 0.3 is 5.97 Å². The van der Waals surface area contributed by atoms with Crippen molar-refractivity contribution in [3.63, 3.8) is 0 Å². The molecule has 0 aliphatic rings. The highest BCUT2D eigenvalue weighted by atomic mass is 32.2. The number of rotatable bonds is 6. The molecule has 0 bridgehead atoms. The molecule has 3 N–H and O–H groups in total. The van der Waals surface area contributed by atoms with Gasteiger partial charge in [0.05, 0.1) is 11.4 Å². The molecule has 1 aromatic heterocycles. The summed E-state index contributed by atoms with van der Waals surface area (Å²) in [5.74, 6) is 0.102. The maximum absolute atomic E-state index is 11.0. The van der Waals surface area contributed by atoms with Crippen LogP contribution in [0.3, 0.4) is 0 Å². The zero-order valence-electron chi connectivity index (χ0n) is 12.7. The molecule has 8 heteroatoms. The van der Waals surface area contributed by atoms with Crippen LogP contribution in [0.2, 0.25) is 0 Å². The van der Waals surface area contributed by atoms with E-state index in [1.54, 1.807) is 18.5 Å². The number of tetrazole rings is 1. The first-order valence-corrected chi connectivity index (χ1v) is 7.76. The molecule has 118 valence electrons. The van der Waals surface area contributed by atoms with Crippen molar-refractivity contribution in [1.82, 2.24) is 20.2 Å². The topological polar surface area (TPSA) is 107 Å². The summed E-state index contributed by atoms with van der Waals surface area (Å²) in [5.41, 5.74) is 7.74. The third kappa shape index (κ3) is 3.63. The van der Waals surface area contributed by atoms with Gasteiger partial charge in [-0.3, -0.25) is 4.79 Å². The molecule has 0 amide bonds. The highest BCUT2D eigenvalue weighted by molar-refractivity contribution is 7.99. The zero-order chi connectivity index (χ0) is 16.3. The van der Waals surface area contributed by atoms with E-state index in [9.17, 15) is 4.79 Å². The van der Waals surface area contributed by atoms with Crippen molar-refractivity contribution >= 4 is 17.7 Å². The highest BCUT2D eigenvalue weighted by Gasteiger charge is 2.33. The van der Waals surface area contributed by atoms with Crippen LogP contribution >= 0.6 is 11.8 Å². The third-order valence-corrected chi connectivity index (χ3v) is 4.80. The Kier molecular flexibility index (Phi) is 4.82. The number of thioether (sulfide) groups is 1. The van der Waals surface area contributed by atoms with Crippen LogP contribution in [-0.2, 0) is 10.5 Å². The van der Waals surface area contributed by atoms with Crippen LogP contribution in [0, 0.1) is 6.92 Å². The molecule has 0 unspecified atom stereocenters. The normalized spacial score (nSPS) is 13.1. The second-order valence-electron chi connectivity index (χ2n) is 5.55. The number of nitrogens with two attached hydrogens (primary N) is 1. The third-order valence-electron chi connectivity index (χ3n) is 3.40. The number of aromatic nitrogens is 4. The van der Waals surface area contributed by atoms with E-state index >= 15 is 0 Å². The Hall–Kier alpha value is -1.93. The molecule has 7 nitrogen and oxygen atoms in total. The minimum atomic E-state index is -1.02. The Morgan fingerprint density at radius 2 is 2.05 bits per heavy atom. The Morgan fingerprint density at radius 3 is 2.64 bits per heavy atom. The lowest BCUT2D eigenvalue weighted by Gasteiger charge is -2.27. The van der Waals surface area contributed by atoms with Crippen molar-refractivity contribution in [2.45, 2.75) is 37.3 Å². The van der Waals surface area contributed by atoms with E-state index in [2.05, 4.69) is 15.5 Å². The van der Waals surface area contributed by atoms with Gasteiger partial charge in [0.25, 0.3) is 0 Å². The van der Waals surface area contributed by atoms with Gasteiger partial charge in [0.2, 0.25) is 0 Å². The van der Waals surface area contributed by atoms with E-state index < -0.39 is 16.8 Å². The average Bonchev–Trinajstić information content (AvgIpc) is 2.93. The van der Waals surface area contributed by atoms with E-state index in [0.717, 1.165) is 11.3 Å². The molecule has 1 aromatic carbocycles. The Morgan fingerprint density at radius 1 is 1.41 bits per heavy atom. The van der Waals surface area contributed by atoms with Gasteiger partial charge in [-0.25, -0.2) is 0 Å². The van der Waals surface area contributed by atoms with Crippen molar-refractivity contribution < 1.29 is 9.90 Å². The molecule has 0 aliphatic carbocycles. The van der Waals surface area contributed by atoms with Crippen molar-refractivity contribution in [2.24, 2.45) is 5.73 Å². The number of carboxylic acid groups (broad SMARTS) is 1. The van der Waals surface area contributed by atoms with Gasteiger partial charge in [0.1, 0.15) is 6.04 Å². The highest BCUT2D eigenvalue weighted by Crippen LogP contribution is 2.30. The number of aliphatic carboxylic acids is 1. The van der Waals surface area contributed by atoms with Crippen LogP contribution < -0.4 is 5.73 Å². The summed E-state index contributed by atoms with van der Waals surface area (Å²) in [5, 5.41) is 20.8. The van der Waals surface area contributed by atoms with Crippen LogP contribution in [0.1, 0.15) is 25.2 Å². The molecule has 22 heavy (non-hydrogen) atoms. The van der Waals surface area contributed by atoms with Crippen molar-refractivity contribution in [2.75, 3.05) is 0 Å². The number of hydrogen-bond acceptors (Lipinski definition) is 6. The molecule has 2 rings (SSSR count). The molecule has 0 aliphatic heterocycles. The molecule has 0 saturated heterocycles. The molecule has 2 aromatic rings. The summed E-state index contributed by atoms with van der Waals surface area (Å²) in [7, 11) is 0. The fourth-order valence-corrected chi connectivity index (χ4v) is 2.78. The van der Waals surface area contributed by atoms with E-state index in [-0.39, 0.29) is 0 Å². The molecule has 1 heterocycles. The maximum Gasteiger partial charge on any atom is 0.321 e. The summed E-state index contributed by atoms with van der Waals surface area (Å²) in [6.45, 7) is 5.61. The van der Waals surface area contributed by atoms with E-state index in [0.29, 0.717) is 11.6 Å². The van der Waals surface area contributed by atoms with E-state index in [4.69, 9.17) is 10.8 Å². The smallest absolute Gasteiger partial charge is 0.321 e. The number of nitrogens with zero attached hydrogens (tertiary/aromatic N) is 4. The standard InChI is InChI=1S/C14H19N5O2S/c1-9-4-6-10(7-5-9)19-11(16-17-18-19)8-22-14(2,3)12(15)13(20)21/h4-7,12H,8,15H2,1-3H3,(H,20,21)/t12-/m1/s1. The number of carboxylic acids is 1. The summed E-state index contributed by atoms with van der Waals surface area (Å²) in [4.78, 5) is 11.0. The lowest BCUT2D eigenvalue weighted by Crippen LogP contribution is -2.46. The molecule has 0 radical (unpaired) electrons. The predicted octanol–water partition coefficient (Wildman–Crippen LogP) is 1.39. The van der Waals surface area contributed by atoms with Gasteiger partial charge in [-0.2, -0.15) is 4.68 Å². The largest absolute Gasteiger partial charge is 0.480 e. The van der Waals surface area contributed by atoms with Crippen LogP contribution in [0.15, 0.2) is 24.3 Å². The average molecular weight is 321 g/mol. The lowest BCUT2D eigenvalue weighted by atomic mass is 10.1. The number of hydrogen-bond donors (Lipinski definition) is 2. The minimum Gasteiger partial charge on any atom is -0.480 e. The van der Waals surface area contributed by atoms with Crippen molar-refractivity contribution in [3.05, 3.63) is 35.7 Å². The number of benzene rings is 1. The minimum absolute atomic E-state index is 0.467. The quantitative estimate of drug-likeness (QED) is 0.828. The first-order valence-electron chi connectivity index (χ1n) is 6.78. The summed E-state index contributed by atoms with van der Waals surface area (Å²) < 4.78 is 1.02. The first kappa shape index (κ1) is 16.4. The summed E-state index contributed by atoms with van der Waals surface area (Å²) in [6, 6.07) is 6.89. The second kappa shape index (κ2) is 6.45. The first-order chi connectivity index (χ1) is 10.3. The molecular weight excluding hydrogens is 302 g/mol. The predicted molar refractivity (Wildman–Crippen MR) is 84.9 cm³/mol.